The number of benzene rings is 3. The second kappa shape index (κ2) is 6.67. The van der Waals surface area contributed by atoms with Crippen LogP contribution >= 0.6 is 11.6 Å². The van der Waals surface area contributed by atoms with Crippen molar-refractivity contribution in [2.75, 3.05) is 0 Å². The van der Waals surface area contributed by atoms with Crippen LogP contribution in [0.25, 0.3) is 33.2 Å². The molecule has 0 spiro atoms. The van der Waals surface area contributed by atoms with Gasteiger partial charge in [-0.2, -0.15) is 13.2 Å². The van der Waals surface area contributed by atoms with Crippen LogP contribution in [0.5, 0.6) is 0 Å². The van der Waals surface area contributed by atoms with E-state index in [1.807, 2.05) is 42.5 Å². The highest BCUT2D eigenvalue weighted by Gasteiger charge is 2.30. The number of rotatable bonds is 2. The Labute approximate surface area is 158 Å². The minimum Gasteiger partial charge on any atom is -0.166 e. The van der Waals surface area contributed by atoms with Gasteiger partial charge in [-0.25, -0.2) is 0 Å². The number of hydrogen-bond donors (Lipinski definition) is 0. The molecule has 134 valence electrons. The molecule has 0 atom stereocenters. The molecule has 4 rings (SSSR count). The zero-order valence-corrected chi connectivity index (χ0v) is 14.6. The SMILES string of the molecule is FC(F)(F)c1ccc(-c2cc(Cl)nnc2-c2ccc3ccccc3c2)cc1. The average Bonchev–Trinajstić information content (AvgIpc) is 2.67. The Kier molecular flexibility index (Phi) is 4.32. The van der Waals surface area contributed by atoms with Crippen molar-refractivity contribution in [3.05, 3.63) is 83.5 Å². The number of alkyl halides is 3. The molecule has 0 aliphatic heterocycles. The van der Waals surface area contributed by atoms with Gasteiger partial charge in [0.1, 0.15) is 5.69 Å². The van der Waals surface area contributed by atoms with Gasteiger partial charge in [0.2, 0.25) is 0 Å². The van der Waals surface area contributed by atoms with Gasteiger partial charge in [-0.3, -0.25) is 0 Å². The molecule has 0 radical (unpaired) electrons. The summed E-state index contributed by atoms with van der Waals surface area (Å²) in [6.45, 7) is 0. The zero-order valence-electron chi connectivity index (χ0n) is 13.8. The van der Waals surface area contributed by atoms with E-state index in [0.717, 1.165) is 28.5 Å². The predicted molar refractivity (Wildman–Crippen MR) is 100 cm³/mol. The number of aromatic nitrogens is 2. The van der Waals surface area contributed by atoms with Crippen LogP contribution in [0, 0.1) is 0 Å². The lowest BCUT2D eigenvalue weighted by atomic mass is 9.97. The van der Waals surface area contributed by atoms with Crippen molar-refractivity contribution in [3.8, 4) is 22.4 Å². The maximum atomic E-state index is 12.8. The lowest BCUT2D eigenvalue weighted by Gasteiger charge is -2.11. The van der Waals surface area contributed by atoms with Crippen LogP contribution in [0.2, 0.25) is 5.15 Å². The third-order valence-electron chi connectivity index (χ3n) is 4.31. The van der Waals surface area contributed by atoms with E-state index in [1.54, 1.807) is 6.07 Å². The molecule has 1 aromatic heterocycles. The maximum absolute atomic E-state index is 12.8. The number of hydrogen-bond acceptors (Lipinski definition) is 2. The molecule has 4 aromatic rings. The smallest absolute Gasteiger partial charge is 0.166 e. The summed E-state index contributed by atoms with van der Waals surface area (Å²) >= 11 is 6.00. The predicted octanol–water partition coefficient (Wildman–Crippen LogP) is 6.64. The maximum Gasteiger partial charge on any atom is 0.416 e. The fourth-order valence-electron chi connectivity index (χ4n) is 2.98. The first-order valence-corrected chi connectivity index (χ1v) is 8.50. The lowest BCUT2D eigenvalue weighted by molar-refractivity contribution is -0.137. The van der Waals surface area contributed by atoms with Crippen LogP contribution in [-0.2, 0) is 6.18 Å². The van der Waals surface area contributed by atoms with Crippen molar-refractivity contribution in [2.45, 2.75) is 6.18 Å². The molecule has 0 saturated heterocycles. The average molecular weight is 385 g/mol. The fraction of sp³-hybridized carbons (Fsp3) is 0.0476. The van der Waals surface area contributed by atoms with E-state index in [-0.39, 0.29) is 5.15 Å². The van der Waals surface area contributed by atoms with E-state index >= 15 is 0 Å². The molecule has 0 fully saturated rings. The summed E-state index contributed by atoms with van der Waals surface area (Å²) in [5.74, 6) is 0. The molecule has 1 heterocycles. The molecule has 0 N–H and O–H groups in total. The van der Waals surface area contributed by atoms with Gasteiger partial charge in [0.15, 0.2) is 5.15 Å². The normalized spacial score (nSPS) is 11.7. The molecule has 0 saturated carbocycles. The third-order valence-corrected chi connectivity index (χ3v) is 4.49. The van der Waals surface area contributed by atoms with Crippen LogP contribution in [-0.4, -0.2) is 10.2 Å². The van der Waals surface area contributed by atoms with Crippen LogP contribution in [0.15, 0.2) is 72.8 Å². The molecule has 27 heavy (non-hydrogen) atoms. The highest BCUT2D eigenvalue weighted by atomic mass is 35.5. The highest BCUT2D eigenvalue weighted by molar-refractivity contribution is 6.29. The second-order valence-electron chi connectivity index (χ2n) is 6.07. The Morgan fingerprint density at radius 2 is 1.37 bits per heavy atom. The van der Waals surface area contributed by atoms with Gasteiger partial charge in [-0.15, -0.1) is 10.2 Å². The summed E-state index contributed by atoms with van der Waals surface area (Å²) in [6, 6.07) is 20.3. The van der Waals surface area contributed by atoms with E-state index in [9.17, 15) is 13.2 Å². The molecule has 2 nitrogen and oxygen atoms in total. The van der Waals surface area contributed by atoms with E-state index in [2.05, 4.69) is 10.2 Å². The van der Waals surface area contributed by atoms with Gasteiger partial charge < -0.3 is 0 Å². The van der Waals surface area contributed by atoms with E-state index in [4.69, 9.17) is 11.6 Å². The second-order valence-corrected chi connectivity index (χ2v) is 6.45. The van der Waals surface area contributed by atoms with Crippen molar-refractivity contribution >= 4 is 22.4 Å². The molecule has 0 aliphatic rings. The van der Waals surface area contributed by atoms with Crippen LogP contribution < -0.4 is 0 Å². The number of halogens is 4. The van der Waals surface area contributed by atoms with Crippen molar-refractivity contribution in [1.82, 2.24) is 10.2 Å². The molecule has 0 unspecified atom stereocenters. The molecule has 0 bridgehead atoms. The van der Waals surface area contributed by atoms with Crippen LogP contribution in [0.1, 0.15) is 5.56 Å². The van der Waals surface area contributed by atoms with E-state index in [1.165, 1.54) is 12.1 Å². The van der Waals surface area contributed by atoms with Gasteiger partial charge in [-0.1, -0.05) is 60.1 Å². The highest BCUT2D eigenvalue weighted by Crippen LogP contribution is 2.35. The molecule has 0 amide bonds. The summed E-state index contributed by atoms with van der Waals surface area (Å²) in [4.78, 5) is 0. The number of fused-ring (bicyclic) bond motifs is 1. The van der Waals surface area contributed by atoms with Gasteiger partial charge in [0, 0.05) is 11.1 Å². The molecule has 3 aromatic carbocycles. The van der Waals surface area contributed by atoms with Gasteiger partial charge >= 0.3 is 6.18 Å². The summed E-state index contributed by atoms with van der Waals surface area (Å²) in [5.41, 5.74) is 1.88. The van der Waals surface area contributed by atoms with Crippen molar-refractivity contribution in [2.24, 2.45) is 0 Å². The van der Waals surface area contributed by atoms with E-state index < -0.39 is 11.7 Å². The zero-order chi connectivity index (χ0) is 19.0. The molecule has 6 heteroatoms. The summed E-state index contributed by atoms with van der Waals surface area (Å²) in [7, 11) is 0. The van der Waals surface area contributed by atoms with E-state index in [0.29, 0.717) is 16.8 Å². The summed E-state index contributed by atoms with van der Waals surface area (Å²) < 4.78 is 38.5. The van der Waals surface area contributed by atoms with Gasteiger partial charge in [-0.05, 0) is 40.6 Å². The number of nitrogens with zero attached hydrogens (tertiary/aromatic N) is 2. The Bertz CT molecular complexity index is 1120. The molecular formula is C21H12ClF3N2. The largest absolute Gasteiger partial charge is 0.416 e. The first-order valence-electron chi connectivity index (χ1n) is 8.12. The van der Waals surface area contributed by atoms with Crippen molar-refractivity contribution in [1.29, 1.82) is 0 Å². The van der Waals surface area contributed by atoms with Gasteiger partial charge in [0.05, 0.1) is 5.56 Å². The molecular weight excluding hydrogens is 373 g/mol. The van der Waals surface area contributed by atoms with Crippen molar-refractivity contribution < 1.29 is 13.2 Å². The minimum absolute atomic E-state index is 0.175. The van der Waals surface area contributed by atoms with Crippen LogP contribution in [0.4, 0.5) is 13.2 Å². The Morgan fingerprint density at radius 1 is 0.704 bits per heavy atom. The van der Waals surface area contributed by atoms with Crippen LogP contribution in [0.3, 0.4) is 0 Å². The van der Waals surface area contributed by atoms with Gasteiger partial charge in [0.25, 0.3) is 0 Å². The monoisotopic (exact) mass is 384 g/mol. The Hall–Kier alpha value is -2.92. The summed E-state index contributed by atoms with van der Waals surface area (Å²) in [6.07, 6.45) is -4.38. The minimum atomic E-state index is -4.38. The fourth-order valence-corrected chi connectivity index (χ4v) is 3.12. The molecule has 0 aliphatic carbocycles. The summed E-state index contributed by atoms with van der Waals surface area (Å²) in [5, 5.41) is 10.4. The first-order chi connectivity index (χ1) is 12.9. The lowest BCUT2D eigenvalue weighted by Crippen LogP contribution is -2.04. The standard InChI is InChI=1S/C21H12ClF3N2/c22-19-12-18(14-7-9-17(10-8-14)21(23,24)25)20(27-26-19)16-6-5-13-3-1-2-4-15(13)11-16/h1-12H. The van der Waals surface area contributed by atoms with Crippen molar-refractivity contribution in [3.63, 3.8) is 0 Å². The Balaban J connectivity index is 1.85. The quantitative estimate of drug-likeness (QED) is 0.387. The first kappa shape index (κ1) is 17.5. The Morgan fingerprint density at radius 3 is 2.07 bits per heavy atom. The topological polar surface area (TPSA) is 25.8 Å². The third kappa shape index (κ3) is 3.51.